The maximum Gasteiger partial charge on any atom is 0.164 e. The molecule has 1 aliphatic rings. The Morgan fingerprint density at radius 3 is 2.65 bits per heavy atom. The van der Waals surface area contributed by atoms with Gasteiger partial charge in [-0.15, -0.1) is 0 Å². The number of nitrogens with zero attached hydrogens (tertiary/aromatic N) is 2. The minimum Gasteiger partial charge on any atom is -0.497 e. The molecule has 0 spiro atoms. The third-order valence-electron chi connectivity index (χ3n) is 3.11. The smallest absolute Gasteiger partial charge is 0.164 e. The standard InChI is InChI=1S/C14H18N4O2/c1-19-10-7-8-14(16,20-2)13(9-10)18-17-12-6-4-3-5-11(12)15/h3-9,13H,15-16H2,1-2H3/b18-17+. The van der Waals surface area contributed by atoms with Crippen molar-refractivity contribution >= 4 is 11.4 Å². The van der Waals surface area contributed by atoms with Gasteiger partial charge in [0.05, 0.1) is 12.8 Å². The van der Waals surface area contributed by atoms with E-state index in [-0.39, 0.29) is 0 Å². The van der Waals surface area contributed by atoms with Crippen LogP contribution >= 0.6 is 0 Å². The number of methoxy groups -OCH3 is 2. The molecule has 0 fully saturated rings. The number of ether oxygens (including phenoxy) is 2. The molecule has 2 unspecified atom stereocenters. The van der Waals surface area contributed by atoms with Gasteiger partial charge in [0.25, 0.3) is 0 Å². The van der Waals surface area contributed by atoms with Crippen LogP contribution in [0.3, 0.4) is 0 Å². The van der Waals surface area contributed by atoms with Crippen LogP contribution in [0, 0.1) is 0 Å². The van der Waals surface area contributed by atoms with Gasteiger partial charge < -0.3 is 15.2 Å². The fraction of sp³-hybridized carbons (Fsp3) is 0.286. The van der Waals surface area contributed by atoms with Crippen LogP contribution in [0.5, 0.6) is 0 Å². The van der Waals surface area contributed by atoms with Gasteiger partial charge in [-0.2, -0.15) is 10.2 Å². The normalized spacial score (nSPS) is 25.8. The Labute approximate surface area is 117 Å². The molecule has 4 N–H and O–H groups in total. The molecule has 0 heterocycles. The number of para-hydroxylation sites is 1. The summed E-state index contributed by atoms with van der Waals surface area (Å²) in [6.07, 6.45) is 5.20. The van der Waals surface area contributed by atoms with E-state index in [0.717, 1.165) is 0 Å². The summed E-state index contributed by atoms with van der Waals surface area (Å²) < 4.78 is 10.5. The molecular formula is C14H18N4O2. The van der Waals surface area contributed by atoms with Gasteiger partial charge in [0.1, 0.15) is 17.5 Å². The first-order valence-electron chi connectivity index (χ1n) is 6.13. The number of allylic oxidation sites excluding steroid dienone is 1. The molecule has 6 nitrogen and oxygen atoms in total. The van der Waals surface area contributed by atoms with Crippen LogP contribution in [-0.2, 0) is 9.47 Å². The zero-order chi connectivity index (χ0) is 14.6. The third kappa shape index (κ3) is 2.87. The Morgan fingerprint density at radius 1 is 1.25 bits per heavy atom. The minimum atomic E-state index is -1.05. The molecule has 1 aromatic carbocycles. The quantitative estimate of drug-likeness (QED) is 0.499. The van der Waals surface area contributed by atoms with E-state index >= 15 is 0 Å². The SMILES string of the molecule is COC1=CC(/N=N/c2ccccc2N)C(N)(OC)C=C1. The molecule has 2 atom stereocenters. The van der Waals surface area contributed by atoms with E-state index < -0.39 is 11.8 Å². The van der Waals surface area contributed by atoms with Crippen LogP contribution in [0.4, 0.5) is 11.4 Å². The summed E-state index contributed by atoms with van der Waals surface area (Å²) in [4.78, 5) is 0. The summed E-state index contributed by atoms with van der Waals surface area (Å²) in [6.45, 7) is 0. The molecule has 0 amide bonds. The van der Waals surface area contributed by atoms with Gasteiger partial charge in [-0.3, -0.25) is 5.73 Å². The summed E-state index contributed by atoms with van der Waals surface area (Å²) in [6, 6.07) is 6.73. The molecule has 2 rings (SSSR count). The Kier molecular flexibility index (Phi) is 4.16. The fourth-order valence-electron chi connectivity index (χ4n) is 1.80. The van der Waals surface area contributed by atoms with Crippen LogP contribution in [0.2, 0.25) is 0 Å². The number of nitrogen functional groups attached to an aromatic ring is 1. The van der Waals surface area contributed by atoms with Crippen molar-refractivity contribution in [2.24, 2.45) is 16.0 Å². The highest BCUT2D eigenvalue weighted by Gasteiger charge is 2.34. The van der Waals surface area contributed by atoms with Crippen molar-refractivity contribution in [3.63, 3.8) is 0 Å². The van der Waals surface area contributed by atoms with Crippen LogP contribution < -0.4 is 11.5 Å². The molecule has 0 radical (unpaired) electrons. The molecule has 106 valence electrons. The van der Waals surface area contributed by atoms with Crippen LogP contribution in [-0.4, -0.2) is 26.0 Å². The second-order valence-electron chi connectivity index (χ2n) is 4.38. The summed E-state index contributed by atoms with van der Waals surface area (Å²) in [5.74, 6) is 0.660. The number of rotatable bonds is 4. The highest BCUT2D eigenvalue weighted by Crippen LogP contribution is 2.26. The van der Waals surface area contributed by atoms with E-state index in [0.29, 0.717) is 17.1 Å². The van der Waals surface area contributed by atoms with Gasteiger partial charge in [-0.1, -0.05) is 12.1 Å². The minimum absolute atomic E-state index is 0.493. The van der Waals surface area contributed by atoms with E-state index in [4.69, 9.17) is 20.9 Å². The lowest BCUT2D eigenvalue weighted by atomic mass is 9.99. The van der Waals surface area contributed by atoms with Gasteiger partial charge in [-0.05, 0) is 30.4 Å². The van der Waals surface area contributed by atoms with Crippen LogP contribution in [0.1, 0.15) is 0 Å². The number of nitrogens with two attached hydrogens (primary N) is 2. The topological polar surface area (TPSA) is 95.2 Å². The second-order valence-corrected chi connectivity index (χ2v) is 4.38. The Morgan fingerprint density at radius 2 is 2.00 bits per heavy atom. The van der Waals surface area contributed by atoms with Crippen molar-refractivity contribution in [3.8, 4) is 0 Å². The maximum atomic E-state index is 6.13. The van der Waals surface area contributed by atoms with Crippen molar-refractivity contribution in [1.29, 1.82) is 0 Å². The van der Waals surface area contributed by atoms with E-state index in [1.165, 1.54) is 7.11 Å². The average Bonchev–Trinajstić information content (AvgIpc) is 2.48. The number of hydrogen-bond donors (Lipinski definition) is 2. The molecule has 6 heteroatoms. The molecule has 0 bridgehead atoms. The van der Waals surface area contributed by atoms with Crippen LogP contribution in [0.25, 0.3) is 0 Å². The molecule has 0 saturated carbocycles. The monoisotopic (exact) mass is 274 g/mol. The first-order chi connectivity index (χ1) is 9.59. The molecular weight excluding hydrogens is 256 g/mol. The summed E-state index contributed by atoms with van der Waals surface area (Å²) in [5.41, 5.74) is 12.0. The van der Waals surface area contributed by atoms with E-state index in [1.807, 2.05) is 12.1 Å². The summed E-state index contributed by atoms with van der Waals surface area (Å²) >= 11 is 0. The Bertz CT molecular complexity index is 568. The largest absolute Gasteiger partial charge is 0.497 e. The van der Waals surface area contributed by atoms with Crippen molar-refractivity contribution in [2.45, 2.75) is 11.8 Å². The van der Waals surface area contributed by atoms with Gasteiger partial charge in [0, 0.05) is 7.11 Å². The first-order valence-corrected chi connectivity index (χ1v) is 6.13. The van der Waals surface area contributed by atoms with Crippen molar-refractivity contribution < 1.29 is 9.47 Å². The third-order valence-corrected chi connectivity index (χ3v) is 3.11. The number of hydrogen-bond acceptors (Lipinski definition) is 6. The molecule has 1 aliphatic carbocycles. The molecule has 0 aromatic heterocycles. The average molecular weight is 274 g/mol. The Balaban J connectivity index is 2.27. The van der Waals surface area contributed by atoms with E-state index in [2.05, 4.69) is 10.2 Å². The zero-order valence-electron chi connectivity index (χ0n) is 11.5. The predicted molar refractivity (Wildman–Crippen MR) is 77.3 cm³/mol. The maximum absolute atomic E-state index is 6.13. The fourth-order valence-corrected chi connectivity index (χ4v) is 1.80. The van der Waals surface area contributed by atoms with E-state index in [1.54, 1.807) is 37.5 Å². The van der Waals surface area contributed by atoms with Gasteiger partial charge in [-0.25, -0.2) is 0 Å². The van der Waals surface area contributed by atoms with Crippen molar-refractivity contribution in [3.05, 3.63) is 48.3 Å². The van der Waals surface area contributed by atoms with Crippen molar-refractivity contribution in [2.75, 3.05) is 20.0 Å². The van der Waals surface area contributed by atoms with Gasteiger partial charge >= 0.3 is 0 Å². The molecule has 0 saturated heterocycles. The Hall–Kier alpha value is -2.18. The highest BCUT2D eigenvalue weighted by molar-refractivity contribution is 5.61. The van der Waals surface area contributed by atoms with Gasteiger partial charge in [0.2, 0.25) is 0 Å². The first kappa shape index (κ1) is 14.2. The lowest BCUT2D eigenvalue weighted by Gasteiger charge is -2.30. The van der Waals surface area contributed by atoms with Crippen molar-refractivity contribution in [1.82, 2.24) is 0 Å². The zero-order valence-corrected chi connectivity index (χ0v) is 11.5. The predicted octanol–water partition coefficient (Wildman–Crippen LogP) is 2.12. The lowest BCUT2D eigenvalue weighted by molar-refractivity contribution is 0.0236. The number of anilines is 1. The lowest BCUT2D eigenvalue weighted by Crippen LogP contribution is -2.50. The van der Waals surface area contributed by atoms with Gasteiger partial charge in [0.15, 0.2) is 5.72 Å². The molecule has 20 heavy (non-hydrogen) atoms. The molecule has 1 aromatic rings. The summed E-state index contributed by atoms with van der Waals surface area (Å²) in [7, 11) is 3.10. The number of benzene rings is 1. The van der Waals surface area contributed by atoms with E-state index in [9.17, 15) is 0 Å². The summed E-state index contributed by atoms with van der Waals surface area (Å²) in [5, 5.41) is 8.37. The van der Waals surface area contributed by atoms with Crippen LogP contribution in [0.15, 0.2) is 58.5 Å². The molecule has 0 aliphatic heterocycles. The highest BCUT2D eigenvalue weighted by atomic mass is 16.5. The number of azo groups is 1. The second kappa shape index (κ2) is 5.85.